The first-order chi connectivity index (χ1) is 10.9. The lowest BCUT2D eigenvalue weighted by Crippen LogP contribution is -2.56. The van der Waals surface area contributed by atoms with Gasteiger partial charge in [-0.25, -0.2) is 0 Å². The minimum atomic E-state index is 0.245. The third-order valence-electron chi connectivity index (χ3n) is 7.69. The molecule has 0 unspecified atom stereocenters. The monoisotopic (exact) mass is 322 g/mol. The summed E-state index contributed by atoms with van der Waals surface area (Å²) in [5, 5.41) is 0. The molecule has 23 heavy (non-hydrogen) atoms. The first kappa shape index (κ1) is 17.4. The molecule has 0 aromatic rings. The van der Waals surface area contributed by atoms with Crippen LogP contribution in [0.2, 0.25) is 0 Å². The number of methoxy groups -OCH3 is 1. The van der Waals surface area contributed by atoms with Gasteiger partial charge in [-0.3, -0.25) is 4.79 Å². The predicted molar refractivity (Wildman–Crippen MR) is 91.1 cm³/mol. The molecular formula is C20H34O3. The van der Waals surface area contributed by atoms with Gasteiger partial charge in [-0.05, 0) is 60.7 Å². The Hall–Kier alpha value is -0.410. The minimum absolute atomic E-state index is 0.245. The van der Waals surface area contributed by atoms with E-state index in [2.05, 4.69) is 20.8 Å². The van der Waals surface area contributed by atoms with Gasteiger partial charge in [0.15, 0.2) is 0 Å². The molecule has 3 rings (SSSR count). The molecule has 0 spiro atoms. The molecule has 0 saturated heterocycles. The first-order valence-electron chi connectivity index (χ1n) is 9.54. The molecule has 3 heteroatoms. The summed E-state index contributed by atoms with van der Waals surface area (Å²) < 4.78 is 11.3. The number of fused-ring (bicyclic) bond motifs is 3. The number of ether oxygens (including phenoxy) is 2. The van der Waals surface area contributed by atoms with Gasteiger partial charge >= 0.3 is 0 Å². The van der Waals surface area contributed by atoms with Crippen LogP contribution in [0.4, 0.5) is 0 Å². The van der Waals surface area contributed by atoms with Gasteiger partial charge in [-0.1, -0.05) is 27.2 Å². The lowest BCUT2D eigenvalue weighted by molar-refractivity contribution is -0.195. The van der Waals surface area contributed by atoms with Gasteiger partial charge in [-0.2, -0.15) is 0 Å². The highest BCUT2D eigenvalue weighted by Crippen LogP contribution is 2.64. The quantitative estimate of drug-likeness (QED) is 0.713. The van der Waals surface area contributed by atoms with Gasteiger partial charge in [0.05, 0.1) is 6.10 Å². The molecule has 0 aliphatic heterocycles. The average Bonchev–Trinajstić information content (AvgIpc) is 2.62. The zero-order valence-corrected chi connectivity index (χ0v) is 15.4. The molecule has 3 aliphatic rings. The summed E-state index contributed by atoms with van der Waals surface area (Å²) in [5.41, 5.74) is 0.544. The maximum absolute atomic E-state index is 12.2. The number of carbonyl (C=O) groups is 1. The summed E-state index contributed by atoms with van der Waals surface area (Å²) >= 11 is 0. The molecule has 3 nitrogen and oxygen atoms in total. The van der Waals surface area contributed by atoms with Crippen molar-refractivity contribution in [3.05, 3.63) is 0 Å². The second-order valence-electron chi connectivity index (χ2n) is 8.92. The van der Waals surface area contributed by atoms with E-state index in [-0.39, 0.29) is 5.41 Å². The summed E-state index contributed by atoms with van der Waals surface area (Å²) in [6, 6.07) is 0. The van der Waals surface area contributed by atoms with Gasteiger partial charge in [0.2, 0.25) is 0 Å². The van der Waals surface area contributed by atoms with Crippen LogP contribution in [0.3, 0.4) is 0 Å². The van der Waals surface area contributed by atoms with Gasteiger partial charge in [0.25, 0.3) is 0 Å². The minimum Gasteiger partial charge on any atom is -0.359 e. The van der Waals surface area contributed by atoms with Crippen molar-refractivity contribution in [1.82, 2.24) is 0 Å². The smallest absolute Gasteiger partial charge is 0.146 e. The van der Waals surface area contributed by atoms with Gasteiger partial charge in [0.1, 0.15) is 12.6 Å². The number of carbonyl (C=O) groups excluding carboxylic acids is 1. The molecule has 0 heterocycles. The van der Waals surface area contributed by atoms with E-state index < -0.39 is 0 Å². The number of hydrogen-bond donors (Lipinski definition) is 0. The molecule has 132 valence electrons. The second kappa shape index (κ2) is 6.48. The Morgan fingerprint density at radius 1 is 1.13 bits per heavy atom. The lowest BCUT2D eigenvalue weighted by atomic mass is 9.45. The Morgan fingerprint density at radius 3 is 2.65 bits per heavy atom. The highest BCUT2D eigenvalue weighted by Gasteiger charge is 2.58. The predicted octanol–water partition coefficient (Wildman–Crippen LogP) is 4.59. The molecular weight excluding hydrogens is 288 g/mol. The summed E-state index contributed by atoms with van der Waals surface area (Å²) in [7, 11) is 1.71. The molecule has 0 radical (unpaired) electrons. The normalized spacial score (nSPS) is 47.6. The Kier molecular flexibility index (Phi) is 4.90. The maximum atomic E-state index is 12.2. The van der Waals surface area contributed by atoms with E-state index in [4.69, 9.17) is 9.47 Å². The fraction of sp³-hybridized carbons (Fsp3) is 0.950. The molecule has 0 aromatic carbocycles. The van der Waals surface area contributed by atoms with Crippen molar-refractivity contribution < 1.29 is 14.3 Å². The van der Waals surface area contributed by atoms with Crippen LogP contribution in [0, 0.1) is 28.6 Å². The lowest BCUT2D eigenvalue weighted by Gasteiger charge is -2.61. The Labute approximate surface area is 141 Å². The zero-order chi connectivity index (χ0) is 16.7. The highest BCUT2D eigenvalue weighted by atomic mass is 16.7. The summed E-state index contributed by atoms with van der Waals surface area (Å²) in [4.78, 5) is 12.2. The van der Waals surface area contributed by atoms with E-state index in [0.29, 0.717) is 41.8 Å². The molecule has 0 amide bonds. The molecule has 0 bridgehead atoms. The number of ketones is 1. The zero-order valence-electron chi connectivity index (χ0n) is 15.4. The van der Waals surface area contributed by atoms with E-state index in [1.807, 2.05) is 0 Å². The second-order valence-corrected chi connectivity index (χ2v) is 8.92. The molecule has 0 aromatic heterocycles. The summed E-state index contributed by atoms with van der Waals surface area (Å²) in [6.07, 6.45) is 9.18. The topological polar surface area (TPSA) is 35.5 Å². The van der Waals surface area contributed by atoms with Crippen LogP contribution in [-0.4, -0.2) is 25.8 Å². The largest absolute Gasteiger partial charge is 0.359 e. The van der Waals surface area contributed by atoms with Crippen molar-refractivity contribution in [1.29, 1.82) is 0 Å². The van der Waals surface area contributed by atoms with Crippen LogP contribution in [0.15, 0.2) is 0 Å². The maximum Gasteiger partial charge on any atom is 0.146 e. The SMILES string of the molecule is COCO[C@@H]1CCC[C@H]2[C@@]1(C)CC[C@H]1[C@H](C)CC(=O)CC[C@]21C. The first-order valence-corrected chi connectivity index (χ1v) is 9.54. The Balaban J connectivity index is 1.89. The van der Waals surface area contributed by atoms with Crippen LogP contribution in [0.1, 0.15) is 72.1 Å². The van der Waals surface area contributed by atoms with Crippen molar-refractivity contribution in [2.75, 3.05) is 13.9 Å². The van der Waals surface area contributed by atoms with E-state index in [9.17, 15) is 4.79 Å². The van der Waals surface area contributed by atoms with Crippen molar-refractivity contribution in [3.8, 4) is 0 Å². The Bertz CT molecular complexity index is 448. The molecule has 3 aliphatic carbocycles. The third kappa shape index (κ3) is 2.89. The summed E-state index contributed by atoms with van der Waals surface area (Å²) in [6.45, 7) is 7.67. The van der Waals surface area contributed by atoms with Crippen molar-refractivity contribution in [3.63, 3.8) is 0 Å². The number of Topliss-reactive ketones (excluding diaryl/α,β-unsaturated/α-hetero) is 1. The standard InChI is InChI=1S/C20H34O3/c1-14-12-15(21)8-10-19(2)16(14)9-11-20(3)17(19)6-5-7-18(20)23-13-22-4/h14,16-18H,5-13H2,1-4H3/t14-,16+,17-,18-,19+,20-/m1/s1. The fourth-order valence-corrected chi connectivity index (χ4v) is 6.59. The van der Waals surface area contributed by atoms with Crippen molar-refractivity contribution >= 4 is 5.78 Å². The highest BCUT2D eigenvalue weighted by molar-refractivity contribution is 5.79. The van der Waals surface area contributed by atoms with Crippen molar-refractivity contribution in [2.24, 2.45) is 28.6 Å². The van der Waals surface area contributed by atoms with Crippen molar-refractivity contribution in [2.45, 2.75) is 78.2 Å². The van der Waals surface area contributed by atoms with Gasteiger partial charge in [0, 0.05) is 20.0 Å². The van der Waals surface area contributed by atoms with Crippen LogP contribution < -0.4 is 0 Å². The van der Waals surface area contributed by atoms with E-state index in [1.54, 1.807) is 7.11 Å². The number of rotatable bonds is 3. The van der Waals surface area contributed by atoms with Crippen LogP contribution in [-0.2, 0) is 14.3 Å². The molecule has 3 saturated carbocycles. The van der Waals surface area contributed by atoms with Crippen LogP contribution in [0.25, 0.3) is 0 Å². The van der Waals surface area contributed by atoms with E-state index in [1.165, 1.54) is 25.7 Å². The summed E-state index contributed by atoms with van der Waals surface area (Å²) in [5.74, 6) is 2.41. The number of hydrogen-bond acceptors (Lipinski definition) is 3. The van der Waals surface area contributed by atoms with E-state index >= 15 is 0 Å². The van der Waals surface area contributed by atoms with Gasteiger partial charge in [-0.15, -0.1) is 0 Å². The van der Waals surface area contributed by atoms with Crippen LogP contribution >= 0.6 is 0 Å². The Morgan fingerprint density at radius 2 is 1.91 bits per heavy atom. The fourth-order valence-electron chi connectivity index (χ4n) is 6.59. The van der Waals surface area contributed by atoms with Crippen LogP contribution in [0.5, 0.6) is 0 Å². The molecule has 6 atom stereocenters. The third-order valence-corrected chi connectivity index (χ3v) is 7.69. The molecule has 3 fully saturated rings. The van der Waals surface area contributed by atoms with Gasteiger partial charge < -0.3 is 9.47 Å². The average molecular weight is 322 g/mol. The molecule has 0 N–H and O–H groups in total. The van der Waals surface area contributed by atoms with E-state index in [0.717, 1.165) is 25.7 Å².